The summed E-state index contributed by atoms with van der Waals surface area (Å²) < 4.78 is 11.4. The summed E-state index contributed by atoms with van der Waals surface area (Å²) in [6.45, 7) is 0.636. The molecule has 172 valence electrons. The van der Waals surface area contributed by atoms with Gasteiger partial charge in [-0.3, -0.25) is 4.79 Å². The molecular formula is C26H25N5O3. The lowest BCUT2D eigenvalue weighted by Crippen LogP contribution is -2.39. The van der Waals surface area contributed by atoms with Crippen LogP contribution >= 0.6 is 0 Å². The molecule has 1 aromatic carbocycles. The monoisotopic (exact) mass is 455 g/mol. The fourth-order valence-corrected chi connectivity index (χ4v) is 4.27. The lowest BCUT2D eigenvalue weighted by Gasteiger charge is -2.33. The molecule has 4 aromatic rings. The van der Waals surface area contributed by atoms with Gasteiger partial charge in [0, 0.05) is 30.9 Å². The number of hydrogen-bond donors (Lipinski definition) is 0. The number of benzene rings is 1. The number of hydrogen-bond acceptors (Lipinski definition) is 7. The van der Waals surface area contributed by atoms with E-state index in [9.17, 15) is 4.79 Å². The highest BCUT2D eigenvalue weighted by Gasteiger charge is 2.32. The SMILES string of the molecule is COc1cccc(Cc2cnc([C@@H]3CCCCN3C(=O)c3cccc(-c4cncnc4)n3)o2)c1. The Morgan fingerprint density at radius 3 is 2.82 bits per heavy atom. The first-order valence-electron chi connectivity index (χ1n) is 11.3. The zero-order valence-electron chi connectivity index (χ0n) is 18.9. The van der Waals surface area contributed by atoms with E-state index < -0.39 is 0 Å². The Balaban J connectivity index is 1.36. The van der Waals surface area contributed by atoms with Gasteiger partial charge in [-0.2, -0.15) is 0 Å². The number of methoxy groups -OCH3 is 1. The van der Waals surface area contributed by atoms with Crippen LogP contribution in [0.15, 0.2) is 71.8 Å². The average molecular weight is 456 g/mol. The molecule has 0 saturated carbocycles. The fraction of sp³-hybridized carbons (Fsp3) is 0.269. The number of rotatable bonds is 6. The molecule has 5 rings (SSSR count). The van der Waals surface area contributed by atoms with E-state index in [1.807, 2.05) is 41.3 Å². The summed E-state index contributed by atoms with van der Waals surface area (Å²) in [6.07, 6.45) is 9.94. The maximum absolute atomic E-state index is 13.5. The molecule has 0 radical (unpaired) electrons. The number of ether oxygens (including phenoxy) is 1. The lowest BCUT2D eigenvalue weighted by atomic mass is 10.0. The Bertz CT molecular complexity index is 1270. The van der Waals surface area contributed by atoms with Crippen molar-refractivity contribution in [3.8, 4) is 17.0 Å². The van der Waals surface area contributed by atoms with Crippen molar-refractivity contribution < 1.29 is 13.9 Å². The maximum Gasteiger partial charge on any atom is 0.273 e. The van der Waals surface area contributed by atoms with Gasteiger partial charge in [0.2, 0.25) is 5.89 Å². The Hall–Kier alpha value is -4.07. The minimum Gasteiger partial charge on any atom is -0.497 e. The van der Waals surface area contributed by atoms with Crippen LogP contribution in [0.3, 0.4) is 0 Å². The van der Waals surface area contributed by atoms with Crippen molar-refractivity contribution in [3.05, 3.63) is 90.3 Å². The normalized spacial score (nSPS) is 15.8. The van der Waals surface area contributed by atoms with Gasteiger partial charge in [-0.05, 0) is 49.1 Å². The van der Waals surface area contributed by atoms with Gasteiger partial charge < -0.3 is 14.1 Å². The van der Waals surface area contributed by atoms with Crippen molar-refractivity contribution >= 4 is 5.91 Å². The Morgan fingerprint density at radius 1 is 1.12 bits per heavy atom. The minimum atomic E-state index is -0.217. The standard InChI is InChI=1S/C26H25N5O3/c1-33-20-7-4-6-18(12-20)13-21-16-29-25(34-21)24-10-2-3-11-31(24)26(32)23-9-5-8-22(30-23)19-14-27-17-28-15-19/h4-9,12,14-17,24H,2-3,10-11,13H2,1H3/t24-/m0/s1. The zero-order chi connectivity index (χ0) is 23.3. The number of pyridine rings is 1. The summed E-state index contributed by atoms with van der Waals surface area (Å²) in [5, 5.41) is 0. The van der Waals surface area contributed by atoms with Gasteiger partial charge in [-0.25, -0.2) is 19.9 Å². The van der Waals surface area contributed by atoms with Crippen LogP contribution in [-0.4, -0.2) is 44.4 Å². The van der Waals surface area contributed by atoms with Crippen molar-refractivity contribution in [1.29, 1.82) is 0 Å². The molecule has 1 amide bonds. The first kappa shape index (κ1) is 21.8. The minimum absolute atomic E-state index is 0.129. The number of piperidine rings is 1. The predicted octanol–water partition coefficient (Wildman–Crippen LogP) is 4.49. The highest BCUT2D eigenvalue weighted by Crippen LogP contribution is 2.32. The largest absolute Gasteiger partial charge is 0.497 e. The molecule has 0 aliphatic carbocycles. The summed E-state index contributed by atoms with van der Waals surface area (Å²) in [7, 11) is 1.65. The van der Waals surface area contributed by atoms with Gasteiger partial charge >= 0.3 is 0 Å². The van der Waals surface area contributed by atoms with E-state index in [1.165, 1.54) is 6.33 Å². The molecule has 1 aliphatic heterocycles. The topological polar surface area (TPSA) is 94.2 Å². The van der Waals surface area contributed by atoms with Crippen LogP contribution in [0.2, 0.25) is 0 Å². The third-order valence-electron chi connectivity index (χ3n) is 5.96. The van der Waals surface area contributed by atoms with E-state index in [4.69, 9.17) is 9.15 Å². The van der Waals surface area contributed by atoms with Crippen molar-refractivity contribution in [2.24, 2.45) is 0 Å². The number of oxazole rings is 1. The number of amides is 1. The van der Waals surface area contributed by atoms with Crippen LogP contribution in [-0.2, 0) is 6.42 Å². The maximum atomic E-state index is 13.5. The van der Waals surface area contributed by atoms with E-state index in [0.29, 0.717) is 30.2 Å². The Kier molecular flexibility index (Phi) is 6.29. The van der Waals surface area contributed by atoms with Gasteiger partial charge in [0.15, 0.2) is 0 Å². The first-order valence-corrected chi connectivity index (χ1v) is 11.3. The van der Waals surface area contributed by atoms with Crippen LogP contribution in [0, 0.1) is 0 Å². The highest BCUT2D eigenvalue weighted by molar-refractivity contribution is 5.93. The highest BCUT2D eigenvalue weighted by atomic mass is 16.5. The molecular weight excluding hydrogens is 430 g/mol. The number of carbonyl (C=O) groups excluding carboxylic acids is 1. The Morgan fingerprint density at radius 2 is 1.97 bits per heavy atom. The van der Waals surface area contributed by atoms with Gasteiger partial charge in [-0.15, -0.1) is 0 Å². The van der Waals surface area contributed by atoms with E-state index in [2.05, 4.69) is 19.9 Å². The van der Waals surface area contributed by atoms with E-state index in [0.717, 1.165) is 41.9 Å². The molecule has 3 aromatic heterocycles. The summed E-state index contributed by atoms with van der Waals surface area (Å²) in [6, 6.07) is 13.1. The van der Waals surface area contributed by atoms with Gasteiger partial charge in [0.05, 0.1) is 19.0 Å². The summed E-state index contributed by atoms with van der Waals surface area (Å²) in [4.78, 5) is 32.5. The van der Waals surface area contributed by atoms with Crippen LogP contribution in [0.5, 0.6) is 5.75 Å². The fourth-order valence-electron chi connectivity index (χ4n) is 4.27. The molecule has 0 unspecified atom stereocenters. The molecule has 4 heterocycles. The van der Waals surface area contributed by atoms with Crippen LogP contribution in [0.4, 0.5) is 0 Å². The molecule has 0 N–H and O–H groups in total. The molecule has 1 atom stereocenters. The lowest BCUT2D eigenvalue weighted by molar-refractivity contribution is 0.0564. The van der Waals surface area contributed by atoms with Crippen LogP contribution in [0.25, 0.3) is 11.3 Å². The van der Waals surface area contributed by atoms with Gasteiger partial charge in [0.25, 0.3) is 5.91 Å². The van der Waals surface area contributed by atoms with Gasteiger partial charge in [0.1, 0.15) is 29.6 Å². The Labute approximate surface area is 197 Å². The van der Waals surface area contributed by atoms with Crippen molar-refractivity contribution in [3.63, 3.8) is 0 Å². The number of likely N-dealkylation sites (tertiary alicyclic amines) is 1. The molecule has 0 spiro atoms. The quantitative estimate of drug-likeness (QED) is 0.423. The van der Waals surface area contributed by atoms with E-state index in [1.54, 1.807) is 31.8 Å². The predicted molar refractivity (Wildman–Crippen MR) is 125 cm³/mol. The second kappa shape index (κ2) is 9.82. The van der Waals surface area contributed by atoms with Gasteiger partial charge in [-0.1, -0.05) is 18.2 Å². The smallest absolute Gasteiger partial charge is 0.273 e. The molecule has 1 aliphatic rings. The second-order valence-electron chi connectivity index (χ2n) is 8.24. The third kappa shape index (κ3) is 4.66. The summed E-state index contributed by atoms with van der Waals surface area (Å²) in [5.74, 6) is 2.00. The zero-order valence-corrected chi connectivity index (χ0v) is 18.9. The van der Waals surface area contributed by atoms with Crippen LogP contribution < -0.4 is 4.74 Å². The molecule has 1 fully saturated rings. The summed E-state index contributed by atoms with van der Waals surface area (Å²) in [5.41, 5.74) is 2.89. The molecule has 34 heavy (non-hydrogen) atoms. The van der Waals surface area contributed by atoms with Crippen molar-refractivity contribution in [2.45, 2.75) is 31.7 Å². The first-order chi connectivity index (χ1) is 16.7. The average Bonchev–Trinajstić information content (AvgIpc) is 3.37. The number of carbonyl (C=O) groups is 1. The van der Waals surface area contributed by atoms with Crippen LogP contribution in [0.1, 0.15) is 53.0 Å². The number of aromatic nitrogens is 4. The number of nitrogens with zero attached hydrogens (tertiary/aromatic N) is 5. The summed E-state index contributed by atoms with van der Waals surface area (Å²) >= 11 is 0. The van der Waals surface area contributed by atoms with Crippen molar-refractivity contribution in [1.82, 2.24) is 24.8 Å². The third-order valence-corrected chi connectivity index (χ3v) is 5.96. The molecule has 0 bridgehead atoms. The van der Waals surface area contributed by atoms with E-state index >= 15 is 0 Å². The molecule has 8 nitrogen and oxygen atoms in total. The molecule has 1 saturated heterocycles. The van der Waals surface area contributed by atoms with E-state index in [-0.39, 0.29) is 11.9 Å². The van der Waals surface area contributed by atoms with Crippen molar-refractivity contribution in [2.75, 3.05) is 13.7 Å². The second-order valence-corrected chi connectivity index (χ2v) is 8.24. The molecule has 8 heteroatoms.